The van der Waals surface area contributed by atoms with E-state index in [2.05, 4.69) is 69.4 Å². The van der Waals surface area contributed by atoms with Crippen LogP contribution in [0.3, 0.4) is 0 Å². The van der Waals surface area contributed by atoms with E-state index in [0.717, 1.165) is 70.6 Å². The van der Waals surface area contributed by atoms with E-state index in [0.29, 0.717) is 12.8 Å². The maximum atomic E-state index is 12.8. The molecule has 6 heteroatoms. The summed E-state index contributed by atoms with van der Waals surface area (Å²) < 4.78 is 16.7. The van der Waals surface area contributed by atoms with Crippen molar-refractivity contribution in [3.63, 3.8) is 0 Å². The van der Waals surface area contributed by atoms with Crippen molar-refractivity contribution in [1.82, 2.24) is 0 Å². The molecule has 0 fully saturated rings. The highest BCUT2D eigenvalue weighted by molar-refractivity contribution is 5.72. The Hall–Kier alpha value is -2.89. The summed E-state index contributed by atoms with van der Waals surface area (Å²) in [5.74, 6) is -1.03. The quantitative estimate of drug-likeness (QED) is 0.0261. The third-order valence-electron chi connectivity index (χ3n) is 14.3. The minimum absolute atomic E-state index is 0.101. The molecule has 0 rings (SSSR count). The third-order valence-corrected chi connectivity index (χ3v) is 14.3. The van der Waals surface area contributed by atoms with E-state index in [1.807, 2.05) is 6.08 Å². The van der Waals surface area contributed by atoms with Crippen molar-refractivity contribution in [1.29, 1.82) is 0 Å². The summed E-state index contributed by atoms with van der Waals surface area (Å²) >= 11 is 0. The molecule has 6 nitrogen and oxygen atoms in total. The Morgan fingerprint density at radius 3 is 0.770 bits per heavy atom. The van der Waals surface area contributed by atoms with Gasteiger partial charge in [-0.3, -0.25) is 14.4 Å². The number of hydrogen-bond acceptors (Lipinski definition) is 6. The van der Waals surface area contributed by atoms with E-state index in [4.69, 9.17) is 14.2 Å². The summed E-state index contributed by atoms with van der Waals surface area (Å²) in [7, 11) is 0. The van der Waals surface area contributed by atoms with Gasteiger partial charge in [-0.05, 0) is 44.9 Å². The van der Waals surface area contributed by atoms with Gasteiger partial charge >= 0.3 is 17.9 Å². The Labute approximate surface area is 460 Å². The lowest BCUT2D eigenvalue weighted by Crippen LogP contribution is -2.30. The Morgan fingerprint density at radius 2 is 0.514 bits per heavy atom. The first kappa shape index (κ1) is 71.1. The van der Waals surface area contributed by atoms with Gasteiger partial charge in [0.15, 0.2) is 6.10 Å². The van der Waals surface area contributed by atoms with Crippen molar-refractivity contribution >= 4 is 17.9 Å². The zero-order valence-electron chi connectivity index (χ0n) is 49.4. The summed E-state index contributed by atoms with van der Waals surface area (Å²) in [6, 6.07) is 0. The Balaban J connectivity index is 4.07. The zero-order valence-corrected chi connectivity index (χ0v) is 49.4. The van der Waals surface area contributed by atoms with Gasteiger partial charge in [0, 0.05) is 12.8 Å². The zero-order chi connectivity index (χ0) is 53.6. The molecule has 0 bridgehead atoms. The van der Waals surface area contributed by atoms with Gasteiger partial charge in [0.25, 0.3) is 0 Å². The number of carbonyl (C=O) groups excluding carboxylic acids is 3. The topological polar surface area (TPSA) is 78.9 Å². The van der Waals surface area contributed by atoms with Crippen LogP contribution in [-0.4, -0.2) is 37.2 Å². The predicted molar refractivity (Wildman–Crippen MR) is 321 cm³/mol. The first-order valence-electron chi connectivity index (χ1n) is 32.3. The minimum Gasteiger partial charge on any atom is -0.462 e. The molecule has 0 aliphatic carbocycles. The second-order valence-electron chi connectivity index (χ2n) is 21.7. The van der Waals surface area contributed by atoms with E-state index >= 15 is 0 Å². The largest absolute Gasteiger partial charge is 0.462 e. The van der Waals surface area contributed by atoms with Crippen LogP contribution in [0.5, 0.6) is 0 Å². The Morgan fingerprint density at radius 1 is 0.284 bits per heavy atom. The number of allylic oxidation sites excluding steroid dienone is 9. The van der Waals surface area contributed by atoms with E-state index in [9.17, 15) is 14.4 Å². The Bertz CT molecular complexity index is 1330. The number of carbonyl (C=O) groups is 3. The van der Waals surface area contributed by atoms with Crippen LogP contribution in [0.15, 0.2) is 60.8 Å². The van der Waals surface area contributed by atoms with Gasteiger partial charge in [-0.1, -0.05) is 332 Å². The fourth-order valence-corrected chi connectivity index (χ4v) is 9.52. The minimum atomic E-state index is -0.825. The first-order valence-corrected chi connectivity index (χ1v) is 32.3. The average molecular weight is 1040 g/mol. The maximum absolute atomic E-state index is 12.8. The van der Waals surface area contributed by atoms with Crippen molar-refractivity contribution in [3.8, 4) is 0 Å². The van der Waals surface area contributed by atoms with Crippen molar-refractivity contribution in [2.24, 2.45) is 0 Å². The van der Waals surface area contributed by atoms with Gasteiger partial charge in [0.2, 0.25) is 0 Å². The molecule has 1 atom stereocenters. The third kappa shape index (κ3) is 60.0. The molecule has 0 aliphatic heterocycles. The highest BCUT2D eigenvalue weighted by Crippen LogP contribution is 2.18. The molecule has 0 amide bonds. The summed E-state index contributed by atoms with van der Waals surface area (Å²) in [4.78, 5) is 38.0. The molecule has 0 saturated carbocycles. The van der Waals surface area contributed by atoms with Gasteiger partial charge in [0.05, 0.1) is 6.42 Å². The highest BCUT2D eigenvalue weighted by atomic mass is 16.6. The Kier molecular flexibility index (Phi) is 60.2. The number of unbranched alkanes of at least 4 members (excludes halogenated alkanes) is 39. The molecule has 0 N–H and O–H groups in total. The van der Waals surface area contributed by atoms with Crippen LogP contribution in [0.25, 0.3) is 0 Å². The molecular weight excluding hydrogens is 913 g/mol. The molecule has 0 saturated heterocycles. The fraction of sp³-hybridized carbons (Fsp3) is 0.809. The number of rotatable bonds is 59. The van der Waals surface area contributed by atoms with Crippen molar-refractivity contribution < 1.29 is 28.6 Å². The number of esters is 3. The van der Waals surface area contributed by atoms with E-state index in [1.54, 1.807) is 6.08 Å². The highest BCUT2D eigenvalue weighted by Gasteiger charge is 2.19. The molecule has 1 unspecified atom stereocenters. The van der Waals surface area contributed by atoms with Crippen LogP contribution in [-0.2, 0) is 28.6 Å². The molecule has 0 aliphatic rings. The van der Waals surface area contributed by atoms with Crippen LogP contribution >= 0.6 is 0 Å². The maximum Gasteiger partial charge on any atom is 0.310 e. The molecule has 0 aromatic heterocycles. The fourth-order valence-electron chi connectivity index (χ4n) is 9.52. The van der Waals surface area contributed by atoms with Crippen molar-refractivity contribution in [2.75, 3.05) is 13.2 Å². The van der Waals surface area contributed by atoms with Gasteiger partial charge in [-0.15, -0.1) is 0 Å². The molecule has 74 heavy (non-hydrogen) atoms. The number of ether oxygens (including phenoxy) is 3. The second-order valence-corrected chi connectivity index (χ2v) is 21.7. The van der Waals surface area contributed by atoms with Crippen molar-refractivity contribution in [2.45, 2.75) is 341 Å². The van der Waals surface area contributed by atoms with Gasteiger partial charge in [-0.25, -0.2) is 0 Å². The van der Waals surface area contributed by atoms with Crippen LogP contribution in [0.4, 0.5) is 0 Å². The first-order chi connectivity index (χ1) is 36.5. The molecular formula is C68H122O6. The SMILES string of the molecule is CC/C=C\C/C=C\C/C=C\C/C=C\C/C=C\CC(=O)OC(COC(=O)CCCCCCCCCCC)COC(=O)CCCCCCCCCCCCCCCCCCCCCCCCCCCCCCCCCC. The lowest BCUT2D eigenvalue weighted by Gasteiger charge is -2.18. The average Bonchev–Trinajstić information content (AvgIpc) is 3.40. The van der Waals surface area contributed by atoms with Crippen LogP contribution in [0.2, 0.25) is 0 Å². The lowest BCUT2D eigenvalue weighted by atomic mass is 10.0. The monoisotopic (exact) mass is 1030 g/mol. The van der Waals surface area contributed by atoms with Crippen LogP contribution in [0, 0.1) is 0 Å². The summed E-state index contributed by atoms with van der Waals surface area (Å²) in [5, 5.41) is 0. The molecule has 430 valence electrons. The van der Waals surface area contributed by atoms with E-state index < -0.39 is 12.1 Å². The number of hydrogen-bond donors (Lipinski definition) is 0. The molecule has 0 aromatic carbocycles. The summed E-state index contributed by atoms with van der Waals surface area (Å²) in [6.45, 7) is 6.46. The molecule has 0 heterocycles. The standard InChI is InChI=1S/C68H122O6/c1-4-7-10-13-16-19-21-23-25-26-27-28-29-30-31-32-33-34-35-36-37-38-39-40-41-43-44-46-49-52-55-58-61-67(70)73-64-65(63-72-66(69)60-57-54-51-48-18-15-12-9-6-3)74-68(71)62-59-56-53-50-47-45-42-24-22-20-17-14-11-8-5-2/h8,11,17,20,24,42,47,50,56,59,65H,4-7,9-10,12-16,18-19,21-23,25-41,43-46,48-49,51-55,57-58,60-64H2,1-3H3/b11-8-,20-17-,42-24-,50-47-,59-56-. The van der Waals surface area contributed by atoms with Gasteiger partial charge in [0.1, 0.15) is 13.2 Å². The lowest BCUT2D eigenvalue weighted by molar-refractivity contribution is -0.166. The second kappa shape index (κ2) is 62.6. The van der Waals surface area contributed by atoms with Gasteiger partial charge in [-0.2, -0.15) is 0 Å². The predicted octanol–water partition coefficient (Wildman–Crippen LogP) is 21.9. The summed E-state index contributed by atoms with van der Waals surface area (Å²) in [5.41, 5.74) is 0. The van der Waals surface area contributed by atoms with Crippen molar-refractivity contribution in [3.05, 3.63) is 60.8 Å². The van der Waals surface area contributed by atoms with Gasteiger partial charge < -0.3 is 14.2 Å². The smallest absolute Gasteiger partial charge is 0.310 e. The van der Waals surface area contributed by atoms with E-state index in [-0.39, 0.29) is 31.6 Å². The summed E-state index contributed by atoms with van der Waals surface area (Å²) in [6.07, 6.45) is 80.2. The molecule has 0 spiro atoms. The van der Waals surface area contributed by atoms with Crippen LogP contribution in [0.1, 0.15) is 335 Å². The van der Waals surface area contributed by atoms with Crippen LogP contribution < -0.4 is 0 Å². The van der Waals surface area contributed by atoms with E-state index in [1.165, 1.54) is 225 Å². The molecule has 0 radical (unpaired) electrons. The molecule has 0 aromatic rings. The normalized spacial score (nSPS) is 12.4.